The summed E-state index contributed by atoms with van der Waals surface area (Å²) in [6, 6.07) is 8.50. The van der Waals surface area contributed by atoms with Crippen LogP contribution in [-0.4, -0.2) is 56.5 Å². The third-order valence-corrected chi connectivity index (χ3v) is 6.12. The molecule has 3 aromatic rings. The molecule has 6 nitrogen and oxygen atoms in total. The number of alkyl halides is 3. The van der Waals surface area contributed by atoms with Gasteiger partial charge in [-0.2, -0.15) is 18.3 Å². The lowest BCUT2D eigenvalue weighted by atomic mass is 10.2. The van der Waals surface area contributed by atoms with Crippen LogP contribution in [0.15, 0.2) is 34.8 Å². The lowest BCUT2D eigenvalue weighted by Crippen LogP contribution is -2.48. The summed E-state index contributed by atoms with van der Waals surface area (Å²) in [5.74, 6) is -0.422. The Labute approximate surface area is 189 Å². The van der Waals surface area contributed by atoms with Crippen molar-refractivity contribution in [1.29, 1.82) is 0 Å². The topological polar surface area (TPSA) is 53.7 Å². The fourth-order valence-corrected chi connectivity index (χ4v) is 4.19. The molecule has 1 amide bonds. The zero-order valence-corrected chi connectivity index (χ0v) is 18.8. The molecule has 31 heavy (non-hydrogen) atoms. The average Bonchev–Trinajstić information content (AvgIpc) is 3.05. The number of halogens is 5. The molecule has 0 atom stereocenters. The molecule has 0 unspecified atom stereocenters. The summed E-state index contributed by atoms with van der Waals surface area (Å²) in [4.78, 5) is 21.0. The van der Waals surface area contributed by atoms with Crippen molar-refractivity contribution in [2.45, 2.75) is 19.6 Å². The van der Waals surface area contributed by atoms with Gasteiger partial charge in [0.05, 0.1) is 4.47 Å². The molecule has 2 aromatic heterocycles. The molecule has 0 aliphatic carbocycles. The largest absolute Gasteiger partial charge is 0.433 e. The highest BCUT2D eigenvalue weighted by Gasteiger charge is 2.36. The average molecular weight is 517 g/mol. The first kappa shape index (κ1) is 22.0. The van der Waals surface area contributed by atoms with E-state index in [0.717, 1.165) is 18.2 Å². The quantitative estimate of drug-likeness (QED) is 0.517. The maximum absolute atomic E-state index is 13.4. The molecule has 3 heterocycles. The maximum Gasteiger partial charge on any atom is 0.433 e. The van der Waals surface area contributed by atoms with Crippen LogP contribution >= 0.6 is 27.5 Å². The van der Waals surface area contributed by atoms with Crippen LogP contribution in [0.2, 0.25) is 5.02 Å². The fourth-order valence-electron chi connectivity index (χ4n) is 3.56. The highest BCUT2D eigenvalue weighted by Crippen LogP contribution is 2.32. The van der Waals surface area contributed by atoms with Crippen LogP contribution < -0.4 is 0 Å². The second-order valence-electron chi connectivity index (χ2n) is 7.37. The lowest BCUT2D eigenvalue weighted by molar-refractivity contribution is -0.142. The Balaban J connectivity index is 1.51. The first-order valence-corrected chi connectivity index (χ1v) is 10.7. The van der Waals surface area contributed by atoms with E-state index in [1.807, 2.05) is 24.3 Å². The maximum atomic E-state index is 13.4. The number of carbonyl (C=O) groups excluding carboxylic acids is 1. The SMILES string of the molecule is Cc1cc(C(F)(F)F)n2nc(C(=O)N3CCN(Cc4ccc(Cl)cc4)CC3)c(Br)c2n1. The van der Waals surface area contributed by atoms with Crippen LogP contribution in [0.1, 0.15) is 27.4 Å². The Morgan fingerprint density at radius 3 is 2.42 bits per heavy atom. The smallest absolute Gasteiger partial charge is 0.335 e. The number of hydrogen-bond acceptors (Lipinski definition) is 4. The number of amides is 1. The summed E-state index contributed by atoms with van der Waals surface area (Å²) < 4.78 is 41.1. The molecular formula is C20H18BrClF3N5O. The van der Waals surface area contributed by atoms with E-state index in [0.29, 0.717) is 35.7 Å². The lowest BCUT2D eigenvalue weighted by Gasteiger charge is -2.34. The van der Waals surface area contributed by atoms with Gasteiger partial charge in [0.25, 0.3) is 5.91 Å². The van der Waals surface area contributed by atoms with E-state index >= 15 is 0 Å². The molecule has 0 bridgehead atoms. The van der Waals surface area contributed by atoms with Gasteiger partial charge >= 0.3 is 6.18 Å². The summed E-state index contributed by atoms with van der Waals surface area (Å²) >= 11 is 9.15. The minimum absolute atomic E-state index is 0.0305. The van der Waals surface area contributed by atoms with Crippen LogP contribution in [0.25, 0.3) is 5.65 Å². The second-order valence-corrected chi connectivity index (χ2v) is 8.60. The van der Waals surface area contributed by atoms with Crippen molar-refractivity contribution in [2.24, 2.45) is 0 Å². The van der Waals surface area contributed by atoms with Crippen molar-refractivity contribution in [3.8, 4) is 0 Å². The van der Waals surface area contributed by atoms with Gasteiger partial charge in [0, 0.05) is 43.4 Å². The van der Waals surface area contributed by atoms with Crippen molar-refractivity contribution in [1.82, 2.24) is 24.4 Å². The first-order chi connectivity index (χ1) is 14.6. The van der Waals surface area contributed by atoms with Crippen LogP contribution in [0, 0.1) is 6.92 Å². The van der Waals surface area contributed by atoms with Crippen LogP contribution in [0.5, 0.6) is 0 Å². The van der Waals surface area contributed by atoms with Gasteiger partial charge in [0.2, 0.25) is 0 Å². The van der Waals surface area contributed by atoms with Crippen molar-refractivity contribution >= 4 is 39.1 Å². The Kier molecular flexibility index (Phi) is 5.97. The molecule has 0 saturated carbocycles. The predicted molar refractivity (Wildman–Crippen MR) is 113 cm³/mol. The number of aromatic nitrogens is 3. The highest BCUT2D eigenvalue weighted by atomic mass is 79.9. The van der Waals surface area contributed by atoms with Crippen molar-refractivity contribution in [2.75, 3.05) is 26.2 Å². The molecule has 0 spiro atoms. The van der Waals surface area contributed by atoms with E-state index in [4.69, 9.17) is 11.6 Å². The second kappa shape index (κ2) is 8.40. The molecule has 11 heteroatoms. The van der Waals surface area contributed by atoms with Crippen molar-refractivity contribution in [3.05, 3.63) is 62.5 Å². The van der Waals surface area contributed by atoms with Crippen molar-refractivity contribution < 1.29 is 18.0 Å². The van der Waals surface area contributed by atoms with Gasteiger partial charge in [-0.25, -0.2) is 9.50 Å². The van der Waals surface area contributed by atoms with Crippen LogP contribution in [-0.2, 0) is 12.7 Å². The summed E-state index contributed by atoms with van der Waals surface area (Å²) in [6.07, 6.45) is -4.62. The van der Waals surface area contributed by atoms with Gasteiger partial charge in [-0.3, -0.25) is 9.69 Å². The molecule has 164 valence electrons. The zero-order chi connectivity index (χ0) is 22.3. The van der Waals surface area contributed by atoms with E-state index in [9.17, 15) is 18.0 Å². The van der Waals surface area contributed by atoms with Gasteiger partial charge in [-0.05, 0) is 46.6 Å². The molecule has 1 aromatic carbocycles. The van der Waals surface area contributed by atoms with E-state index in [1.165, 1.54) is 6.92 Å². The third kappa shape index (κ3) is 4.56. The molecule has 0 radical (unpaired) electrons. The Hall–Kier alpha value is -2.17. The molecule has 1 aliphatic rings. The van der Waals surface area contributed by atoms with Gasteiger partial charge in [-0.15, -0.1) is 0 Å². The fraction of sp³-hybridized carbons (Fsp3) is 0.350. The number of fused-ring (bicyclic) bond motifs is 1. The summed E-state index contributed by atoms with van der Waals surface area (Å²) in [6.45, 7) is 4.39. The Morgan fingerprint density at radius 2 is 1.81 bits per heavy atom. The van der Waals surface area contributed by atoms with Crippen LogP contribution in [0.3, 0.4) is 0 Å². The molecular weight excluding hydrogens is 499 g/mol. The molecule has 4 rings (SSSR count). The standard InChI is InChI=1S/C20H18BrClF3N5O/c1-12-10-15(20(23,24)25)30-18(26-12)16(21)17(27-30)19(31)29-8-6-28(7-9-29)11-13-2-4-14(22)5-3-13/h2-5,10H,6-9,11H2,1H3. The number of rotatable bonds is 3. The predicted octanol–water partition coefficient (Wildman–Crippen LogP) is 4.43. The Morgan fingerprint density at radius 1 is 1.16 bits per heavy atom. The highest BCUT2D eigenvalue weighted by molar-refractivity contribution is 9.10. The monoisotopic (exact) mass is 515 g/mol. The number of piperazine rings is 1. The zero-order valence-electron chi connectivity index (χ0n) is 16.5. The van der Waals surface area contributed by atoms with E-state index in [2.05, 4.69) is 30.9 Å². The number of aryl methyl sites for hydroxylation is 1. The van der Waals surface area contributed by atoms with E-state index < -0.39 is 17.8 Å². The van der Waals surface area contributed by atoms with Gasteiger partial charge in [0.1, 0.15) is 5.69 Å². The van der Waals surface area contributed by atoms with E-state index in [-0.39, 0.29) is 21.5 Å². The number of carbonyl (C=O) groups is 1. The summed E-state index contributed by atoms with van der Waals surface area (Å²) in [5.41, 5.74) is 0.234. The third-order valence-electron chi connectivity index (χ3n) is 5.13. The molecule has 1 fully saturated rings. The molecule has 0 N–H and O–H groups in total. The normalized spacial score (nSPS) is 15.6. The molecule has 1 aliphatic heterocycles. The van der Waals surface area contributed by atoms with Gasteiger partial charge in [0.15, 0.2) is 11.3 Å². The first-order valence-electron chi connectivity index (χ1n) is 9.52. The molecule has 1 saturated heterocycles. The summed E-state index contributed by atoms with van der Waals surface area (Å²) in [5, 5.41) is 4.64. The van der Waals surface area contributed by atoms with Crippen LogP contribution in [0.4, 0.5) is 13.2 Å². The van der Waals surface area contributed by atoms with Crippen molar-refractivity contribution in [3.63, 3.8) is 0 Å². The van der Waals surface area contributed by atoms with Gasteiger partial charge in [-0.1, -0.05) is 23.7 Å². The summed E-state index contributed by atoms with van der Waals surface area (Å²) in [7, 11) is 0. The Bertz CT molecular complexity index is 1120. The number of hydrogen-bond donors (Lipinski definition) is 0. The van der Waals surface area contributed by atoms with Gasteiger partial charge < -0.3 is 4.90 Å². The number of benzene rings is 1. The van der Waals surface area contributed by atoms with E-state index in [1.54, 1.807) is 4.90 Å². The minimum atomic E-state index is -4.62. The minimum Gasteiger partial charge on any atom is -0.335 e. The number of nitrogens with zero attached hydrogens (tertiary/aromatic N) is 5.